The van der Waals surface area contributed by atoms with Gasteiger partial charge >= 0.3 is 5.97 Å². The third kappa shape index (κ3) is 3.68. The van der Waals surface area contributed by atoms with Crippen molar-refractivity contribution in [2.75, 3.05) is 20.2 Å². The number of Topliss-reactive ketones (excluding diaryl/α,β-unsaturated/α-hetero) is 1. The molecule has 1 unspecified atom stereocenters. The number of ketones is 1. The van der Waals surface area contributed by atoms with Gasteiger partial charge in [-0.05, 0) is 18.9 Å². The lowest BCUT2D eigenvalue weighted by atomic mass is 10.1. The molecule has 0 bridgehead atoms. The Morgan fingerprint density at radius 3 is 2.81 bits per heavy atom. The standard InChI is InChI=1S/C16H19NO4/c1-11-4-3-5-12(8-11)6-7-15(19)17-9-13(14(18)10-17)16(20)21-2/h3-5,8,13H,6-7,9-10H2,1-2H3. The molecule has 1 aromatic rings. The average Bonchev–Trinajstić information content (AvgIpc) is 2.86. The summed E-state index contributed by atoms with van der Waals surface area (Å²) in [5.74, 6) is -1.73. The van der Waals surface area contributed by atoms with E-state index in [2.05, 4.69) is 4.74 Å². The first-order valence-electron chi connectivity index (χ1n) is 6.95. The third-order valence-corrected chi connectivity index (χ3v) is 3.69. The van der Waals surface area contributed by atoms with Gasteiger partial charge in [0, 0.05) is 13.0 Å². The summed E-state index contributed by atoms with van der Waals surface area (Å²) in [6.07, 6.45) is 0.971. The number of hydrogen-bond donors (Lipinski definition) is 0. The van der Waals surface area contributed by atoms with Gasteiger partial charge in [-0.3, -0.25) is 14.4 Å². The maximum Gasteiger partial charge on any atom is 0.318 e. The lowest BCUT2D eigenvalue weighted by molar-refractivity contribution is -0.147. The molecule has 1 atom stereocenters. The number of rotatable bonds is 4. The van der Waals surface area contributed by atoms with Crippen LogP contribution in [0.3, 0.4) is 0 Å². The van der Waals surface area contributed by atoms with Crippen LogP contribution < -0.4 is 0 Å². The average molecular weight is 289 g/mol. The summed E-state index contributed by atoms with van der Waals surface area (Å²) in [7, 11) is 1.25. The second-order valence-electron chi connectivity index (χ2n) is 5.31. The van der Waals surface area contributed by atoms with E-state index in [9.17, 15) is 14.4 Å². The molecular formula is C16H19NO4. The second-order valence-corrected chi connectivity index (χ2v) is 5.31. The largest absolute Gasteiger partial charge is 0.468 e. The summed E-state index contributed by atoms with van der Waals surface area (Å²) in [6.45, 7) is 2.15. The number of esters is 1. The fourth-order valence-corrected chi connectivity index (χ4v) is 2.50. The van der Waals surface area contributed by atoms with Crippen molar-refractivity contribution in [1.82, 2.24) is 4.90 Å². The summed E-state index contributed by atoms with van der Waals surface area (Å²) < 4.78 is 4.58. The van der Waals surface area contributed by atoms with Gasteiger partial charge in [-0.1, -0.05) is 29.8 Å². The smallest absolute Gasteiger partial charge is 0.318 e. The van der Waals surface area contributed by atoms with E-state index in [1.807, 2.05) is 31.2 Å². The molecule has 5 nitrogen and oxygen atoms in total. The predicted octanol–water partition coefficient (Wildman–Crippen LogP) is 1.13. The minimum atomic E-state index is -0.821. The van der Waals surface area contributed by atoms with Crippen molar-refractivity contribution in [1.29, 1.82) is 0 Å². The summed E-state index contributed by atoms with van der Waals surface area (Å²) in [5.41, 5.74) is 2.25. The van der Waals surface area contributed by atoms with Crippen LogP contribution in [0.1, 0.15) is 17.5 Å². The maximum absolute atomic E-state index is 12.1. The Bertz CT molecular complexity index is 567. The first kappa shape index (κ1) is 15.2. The van der Waals surface area contributed by atoms with E-state index in [0.29, 0.717) is 12.8 Å². The molecule has 21 heavy (non-hydrogen) atoms. The number of carbonyl (C=O) groups excluding carboxylic acids is 3. The van der Waals surface area contributed by atoms with Gasteiger partial charge in [-0.2, -0.15) is 0 Å². The molecule has 0 N–H and O–H groups in total. The van der Waals surface area contributed by atoms with Crippen LogP contribution in [0, 0.1) is 12.8 Å². The van der Waals surface area contributed by atoms with E-state index in [4.69, 9.17) is 0 Å². The first-order valence-corrected chi connectivity index (χ1v) is 6.95. The number of ether oxygens (including phenoxy) is 1. The molecule has 2 rings (SSSR count). The lowest BCUT2D eigenvalue weighted by Gasteiger charge is -2.15. The molecule has 1 aliphatic heterocycles. The zero-order valence-corrected chi connectivity index (χ0v) is 12.3. The van der Waals surface area contributed by atoms with Gasteiger partial charge in [0.25, 0.3) is 0 Å². The van der Waals surface area contributed by atoms with Crippen LogP contribution in [0.2, 0.25) is 0 Å². The molecule has 1 aliphatic rings. The van der Waals surface area contributed by atoms with E-state index in [-0.39, 0.29) is 24.8 Å². The van der Waals surface area contributed by atoms with Crippen LogP contribution >= 0.6 is 0 Å². The third-order valence-electron chi connectivity index (χ3n) is 3.69. The molecule has 1 amide bonds. The second kappa shape index (κ2) is 6.52. The van der Waals surface area contributed by atoms with Gasteiger partial charge in [-0.15, -0.1) is 0 Å². The number of aryl methyl sites for hydroxylation is 2. The summed E-state index contributed by atoms with van der Waals surface area (Å²) in [6, 6.07) is 7.99. The fourth-order valence-electron chi connectivity index (χ4n) is 2.50. The van der Waals surface area contributed by atoms with Crippen LogP contribution in [-0.2, 0) is 25.5 Å². The molecule has 1 heterocycles. The zero-order chi connectivity index (χ0) is 15.4. The monoisotopic (exact) mass is 289 g/mol. The van der Waals surface area contributed by atoms with E-state index in [1.165, 1.54) is 12.0 Å². The molecule has 1 aromatic carbocycles. The molecule has 0 spiro atoms. The topological polar surface area (TPSA) is 63.7 Å². The van der Waals surface area contributed by atoms with Crippen molar-refractivity contribution in [3.05, 3.63) is 35.4 Å². The van der Waals surface area contributed by atoms with Crippen molar-refractivity contribution in [2.24, 2.45) is 5.92 Å². The van der Waals surface area contributed by atoms with Crippen LogP contribution in [0.5, 0.6) is 0 Å². The quantitative estimate of drug-likeness (QED) is 0.615. The number of methoxy groups -OCH3 is 1. The van der Waals surface area contributed by atoms with E-state index in [1.54, 1.807) is 0 Å². The van der Waals surface area contributed by atoms with Gasteiger partial charge in [0.15, 0.2) is 5.78 Å². The minimum absolute atomic E-state index is 0.00637. The van der Waals surface area contributed by atoms with Crippen molar-refractivity contribution >= 4 is 17.7 Å². The molecular weight excluding hydrogens is 270 g/mol. The number of nitrogens with zero attached hydrogens (tertiary/aromatic N) is 1. The Morgan fingerprint density at radius 2 is 2.14 bits per heavy atom. The lowest BCUT2D eigenvalue weighted by Crippen LogP contribution is -2.30. The van der Waals surface area contributed by atoms with E-state index >= 15 is 0 Å². The summed E-state index contributed by atoms with van der Waals surface area (Å²) in [5, 5.41) is 0. The Kier molecular flexibility index (Phi) is 4.73. The molecule has 0 aliphatic carbocycles. The van der Waals surface area contributed by atoms with E-state index in [0.717, 1.165) is 11.1 Å². The highest BCUT2D eigenvalue weighted by Gasteiger charge is 2.38. The van der Waals surface area contributed by atoms with Crippen LogP contribution in [0.25, 0.3) is 0 Å². The first-order chi connectivity index (χ1) is 10.0. The van der Waals surface area contributed by atoms with Crippen molar-refractivity contribution < 1.29 is 19.1 Å². The molecule has 5 heteroatoms. The molecule has 0 radical (unpaired) electrons. The fraction of sp³-hybridized carbons (Fsp3) is 0.438. The SMILES string of the molecule is COC(=O)C1CN(C(=O)CCc2cccc(C)c2)CC1=O. The van der Waals surface area contributed by atoms with Gasteiger partial charge in [-0.25, -0.2) is 0 Å². The van der Waals surface area contributed by atoms with Gasteiger partial charge in [0.2, 0.25) is 5.91 Å². The zero-order valence-electron chi connectivity index (χ0n) is 12.3. The van der Waals surface area contributed by atoms with Gasteiger partial charge in [0.05, 0.1) is 13.7 Å². The number of carbonyl (C=O) groups is 3. The highest BCUT2D eigenvalue weighted by Crippen LogP contribution is 2.16. The van der Waals surface area contributed by atoms with Crippen molar-refractivity contribution in [2.45, 2.75) is 19.8 Å². The molecule has 1 fully saturated rings. The van der Waals surface area contributed by atoms with Crippen LogP contribution in [0.4, 0.5) is 0 Å². The Balaban J connectivity index is 1.90. The number of hydrogen-bond acceptors (Lipinski definition) is 4. The normalized spacial score (nSPS) is 17.9. The van der Waals surface area contributed by atoms with Crippen molar-refractivity contribution in [3.8, 4) is 0 Å². The van der Waals surface area contributed by atoms with Crippen LogP contribution in [0.15, 0.2) is 24.3 Å². The minimum Gasteiger partial charge on any atom is -0.468 e. The number of likely N-dealkylation sites (tertiary alicyclic amines) is 1. The molecule has 112 valence electrons. The van der Waals surface area contributed by atoms with Gasteiger partial charge < -0.3 is 9.64 Å². The van der Waals surface area contributed by atoms with Crippen molar-refractivity contribution in [3.63, 3.8) is 0 Å². The number of benzene rings is 1. The van der Waals surface area contributed by atoms with E-state index < -0.39 is 11.9 Å². The molecule has 0 saturated carbocycles. The van der Waals surface area contributed by atoms with Gasteiger partial charge in [0.1, 0.15) is 5.92 Å². The Hall–Kier alpha value is -2.17. The predicted molar refractivity (Wildman–Crippen MR) is 76.6 cm³/mol. The molecule has 0 aromatic heterocycles. The highest BCUT2D eigenvalue weighted by molar-refractivity contribution is 6.03. The molecule has 1 saturated heterocycles. The van der Waals surface area contributed by atoms with Crippen LogP contribution in [-0.4, -0.2) is 42.8 Å². The highest BCUT2D eigenvalue weighted by atomic mass is 16.5. The number of amides is 1. The Labute approximate surface area is 123 Å². The Morgan fingerprint density at radius 1 is 1.38 bits per heavy atom. The summed E-state index contributed by atoms with van der Waals surface area (Å²) >= 11 is 0. The summed E-state index contributed by atoms with van der Waals surface area (Å²) in [4.78, 5) is 36.7. The maximum atomic E-state index is 12.1.